The summed E-state index contributed by atoms with van der Waals surface area (Å²) in [7, 11) is 0. The first-order valence-corrected chi connectivity index (χ1v) is 6.02. The highest BCUT2D eigenvalue weighted by molar-refractivity contribution is 5.86. The molecule has 2 N–H and O–H groups in total. The van der Waals surface area contributed by atoms with Crippen LogP contribution < -0.4 is 5.32 Å². The van der Waals surface area contributed by atoms with Crippen LogP contribution in [-0.2, 0) is 4.79 Å². The third-order valence-corrected chi connectivity index (χ3v) is 2.93. The van der Waals surface area contributed by atoms with Gasteiger partial charge in [-0.1, -0.05) is 13.0 Å². The van der Waals surface area contributed by atoms with Gasteiger partial charge in [0.1, 0.15) is 5.54 Å². The van der Waals surface area contributed by atoms with Gasteiger partial charge in [-0.25, -0.2) is 9.59 Å². The average Bonchev–Trinajstić information content (AvgIpc) is 2.23. The summed E-state index contributed by atoms with van der Waals surface area (Å²) in [6, 6.07) is -0.394. The lowest BCUT2D eigenvalue weighted by atomic mass is 9.99. The molecule has 18 heavy (non-hydrogen) atoms. The number of hydrogen-bond donors (Lipinski definition) is 2. The van der Waals surface area contributed by atoms with Crippen LogP contribution in [-0.4, -0.2) is 39.6 Å². The van der Waals surface area contributed by atoms with Crippen molar-refractivity contribution in [2.75, 3.05) is 6.54 Å². The minimum Gasteiger partial charge on any atom is -0.480 e. The number of aliphatic carboxylic acids is 1. The summed E-state index contributed by atoms with van der Waals surface area (Å²) in [6.07, 6.45) is 1.94. The van der Waals surface area contributed by atoms with Crippen molar-refractivity contribution in [1.29, 1.82) is 0 Å². The Kier molecular flexibility index (Phi) is 5.39. The van der Waals surface area contributed by atoms with Crippen molar-refractivity contribution in [3.63, 3.8) is 0 Å². The number of carbonyl (C=O) groups is 2. The molecule has 0 heterocycles. The van der Waals surface area contributed by atoms with Gasteiger partial charge in [0.25, 0.3) is 0 Å². The lowest BCUT2D eigenvalue weighted by Gasteiger charge is -2.37. The summed E-state index contributed by atoms with van der Waals surface area (Å²) < 4.78 is 0. The van der Waals surface area contributed by atoms with Gasteiger partial charge in [0.15, 0.2) is 0 Å². The van der Waals surface area contributed by atoms with Gasteiger partial charge < -0.3 is 15.3 Å². The fraction of sp³-hybridized carbons (Fsp3) is 0.692. The average molecular weight is 256 g/mol. The van der Waals surface area contributed by atoms with E-state index < -0.39 is 23.1 Å². The molecule has 0 aliphatic rings. The standard InChI is InChI=1S/C13H24N2O3/c1-7-9-15(12(3,4)5)11(18)14-13(6,8-2)10(16)17/h7H,1,8-9H2,2-6H3,(H,14,18)(H,16,17). The predicted octanol–water partition coefficient (Wildman–Crippen LogP) is 2.24. The number of carboxylic acid groups (broad SMARTS) is 1. The Labute approximate surface area is 109 Å². The van der Waals surface area contributed by atoms with Crippen LogP contribution in [0, 0.1) is 0 Å². The largest absolute Gasteiger partial charge is 0.480 e. The molecule has 0 aromatic carbocycles. The number of rotatable bonds is 5. The van der Waals surface area contributed by atoms with Crippen molar-refractivity contribution >= 4 is 12.0 Å². The summed E-state index contributed by atoms with van der Waals surface area (Å²) in [5.41, 5.74) is -1.65. The van der Waals surface area contributed by atoms with Crippen LogP contribution in [0.4, 0.5) is 4.79 Å². The first-order chi connectivity index (χ1) is 8.08. The van der Waals surface area contributed by atoms with Crippen molar-refractivity contribution in [2.24, 2.45) is 0 Å². The van der Waals surface area contributed by atoms with Crippen molar-refractivity contribution in [1.82, 2.24) is 10.2 Å². The van der Waals surface area contributed by atoms with E-state index in [4.69, 9.17) is 5.11 Å². The van der Waals surface area contributed by atoms with E-state index in [-0.39, 0.29) is 0 Å². The van der Waals surface area contributed by atoms with Crippen molar-refractivity contribution in [3.05, 3.63) is 12.7 Å². The van der Waals surface area contributed by atoms with Gasteiger partial charge in [-0.15, -0.1) is 6.58 Å². The molecule has 0 fully saturated rings. The number of amides is 2. The third kappa shape index (κ3) is 4.05. The Bertz CT molecular complexity index is 334. The maximum absolute atomic E-state index is 12.2. The Morgan fingerprint density at radius 3 is 2.11 bits per heavy atom. The molecule has 0 saturated carbocycles. The summed E-state index contributed by atoms with van der Waals surface area (Å²) in [6.45, 7) is 12.9. The molecule has 5 nitrogen and oxygen atoms in total. The molecule has 1 unspecified atom stereocenters. The molecule has 0 rings (SSSR count). The second-order valence-electron chi connectivity index (χ2n) is 5.49. The Morgan fingerprint density at radius 1 is 1.33 bits per heavy atom. The second-order valence-corrected chi connectivity index (χ2v) is 5.49. The molecule has 104 valence electrons. The zero-order valence-corrected chi connectivity index (χ0v) is 11.9. The van der Waals surface area contributed by atoms with Gasteiger partial charge in [0.05, 0.1) is 0 Å². The first kappa shape index (κ1) is 16.5. The smallest absolute Gasteiger partial charge is 0.329 e. The number of nitrogens with one attached hydrogen (secondary N) is 1. The topological polar surface area (TPSA) is 69.6 Å². The Balaban J connectivity index is 5.02. The van der Waals surface area contributed by atoms with Crippen LogP contribution in [0.2, 0.25) is 0 Å². The van der Waals surface area contributed by atoms with Gasteiger partial charge in [-0.2, -0.15) is 0 Å². The molecule has 0 bridgehead atoms. The van der Waals surface area contributed by atoms with E-state index in [1.807, 2.05) is 20.8 Å². The molecule has 0 saturated heterocycles. The minimum atomic E-state index is -1.25. The van der Waals surface area contributed by atoms with Gasteiger partial charge in [-0.05, 0) is 34.1 Å². The number of hydrogen-bond acceptors (Lipinski definition) is 2. The maximum Gasteiger partial charge on any atom is 0.329 e. The zero-order valence-electron chi connectivity index (χ0n) is 11.9. The molecule has 2 amide bonds. The van der Waals surface area contributed by atoms with Gasteiger partial charge in [0, 0.05) is 12.1 Å². The lowest BCUT2D eigenvalue weighted by molar-refractivity contribution is -0.143. The molecule has 0 radical (unpaired) electrons. The SMILES string of the molecule is C=CCN(C(=O)NC(C)(CC)C(=O)O)C(C)(C)C. The summed E-state index contributed by atoms with van der Waals surface area (Å²) in [5.74, 6) is -1.04. The van der Waals surface area contributed by atoms with Crippen molar-refractivity contribution in [2.45, 2.75) is 52.1 Å². The molecule has 5 heteroatoms. The Hall–Kier alpha value is -1.52. The third-order valence-electron chi connectivity index (χ3n) is 2.93. The zero-order chi connectivity index (χ0) is 14.6. The quantitative estimate of drug-likeness (QED) is 0.741. The van der Waals surface area contributed by atoms with E-state index in [0.29, 0.717) is 13.0 Å². The predicted molar refractivity (Wildman–Crippen MR) is 71.5 cm³/mol. The normalized spacial score (nSPS) is 14.5. The number of carbonyl (C=O) groups excluding carboxylic acids is 1. The van der Waals surface area contributed by atoms with Crippen molar-refractivity contribution < 1.29 is 14.7 Å². The number of nitrogens with zero attached hydrogens (tertiary/aromatic N) is 1. The molecular weight excluding hydrogens is 232 g/mol. The van der Waals surface area contributed by atoms with E-state index in [0.717, 1.165) is 0 Å². The highest BCUT2D eigenvalue weighted by Crippen LogP contribution is 2.16. The fourth-order valence-corrected chi connectivity index (χ4v) is 1.39. The van der Waals surface area contributed by atoms with Crippen LogP contribution in [0.5, 0.6) is 0 Å². The van der Waals surface area contributed by atoms with Crippen LogP contribution in [0.3, 0.4) is 0 Å². The molecule has 0 aromatic heterocycles. The summed E-state index contributed by atoms with van der Waals surface area (Å²) >= 11 is 0. The van der Waals surface area contributed by atoms with Gasteiger partial charge >= 0.3 is 12.0 Å². The van der Waals surface area contributed by atoms with Crippen LogP contribution in [0.1, 0.15) is 41.0 Å². The number of urea groups is 1. The molecule has 0 spiro atoms. The minimum absolute atomic E-state index is 0.320. The highest BCUT2D eigenvalue weighted by atomic mass is 16.4. The van der Waals surface area contributed by atoms with E-state index in [9.17, 15) is 9.59 Å². The first-order valence-electron chi connectivity index (χ1n) is 6.02. The Morgan fingerprint density at radius 2 is 1.83 bits per heavy atom. The van der Waals surface area contributed by atoms with E-state index >= 15 is 0 Å². The summed E-state index contributed by atoms with van der Waals surface area (Å²) in [5, 5.41) is 11.7. The van der Waals surface area contributed by atoms with E-state index in [1.54, 1.807) is 17.9 Å². The number of carboxylic acids is 1. The van der Waals surface area contributed by atoms with E-state index in [1.165, 1.54) is 6.92 Å². The van der Waals surface area contributed by atoms with Crippen LogP contribution >= 0.6 is 0 Å². The molecule has 0 aliphatic heterocycles. The molecule has 0 aromatic rings. The highest BCUT2D eigenvalue weighted by Gasteiger charge is 2.36. The van der Waals surface area contributed by atoms with Crippen molar-refractivity contribution in [3.8, 4) is 0 Å². The fourth-order valence-electron chi connectivity index (χ4n) is 1.39. The molecule has 1 atom stereocenters. The monoisotopic (exact) mass is 256 g/mol. The molecular formula is C13H24N2O3. The lowest BCUT2D eigenvalue weighted by Crippen LogP contribution is -2.59. The maximum atomic E-state index is 12.2. The van der Waals surface area contributed by atoms with Gasteiger partial charge in [-0.3, -0.25) is 0 Å². The molecule has 0 aliphatic carbocycles. The van der Waals surface area contributed by atoms with E-state index in [2.05, 4.69) is 11.9 Å². The van der Waals surface area contributed by atoms with Gasteiger partial charge in [0.2, 0.25) is 0 Å². The summed E-state index contributed by atoms with van der Waals surface area (Å²) in [4.78, 5) is 24.9. The second kappa shape index (κ2) is 5.89. The van der Waals surface area contributed by atoms with Crippen LogP contribution in [0.25, 0.3) is 0 Å². The van der Waals surface area contributed by atoms with Crippen LogP contribution in [0.15, 0.2) is 12.7 Å².